The van der Waals surface area contributed by atoms with E-state index in [0.29, 0.717) is 5.92 Å². The van der Waals surface area contributed by atoms with E-state index < -0.39 is 0 Å². The third-order valence-electron chi connectivity index (χ3n) is 4.38. The van der Waals surface area contributed by atoms with Gasteiger partial charge in [-0.25, -0.2) is 0 Å². The lowest BCUT2D eigenvalue weighted by molar-refractivity contribution is -0.0130. The van der Waals surface area contributed by atoms with Crippen LogP contribution in [-0.2, 0) is 0 Å². The van der Waals surface area contributed by atoms with Gasteiger partial charge in [0, 0.05) is 0 Å². The van der Waals surface area contributed by atoms with Crippen molar-refractivity contribution in [1.82, 2.24) is 0 Å². The molecule has 4 fully saturated rings. The lowest BCUT2D eigenvalue weighted by atomic mass is 9.52. The SMILES string of the molecule is N#C[C@H]1[C@H]2CC3CC(C2)C[C@H]1C3. The normalized spacial score (nSPS) is 55.4. The van der Waals surface area contributed by atoms with E-state index in [2.05, 4.69) is 6.07 Å². The van der Waals surface area contributed by atoms with E-state index in [1.54, 1.807) is 0 Å². The summed E-state index contributed by atoms with van der Waals surface area (Å²) < 4.78 is 0. The van der Waals surface area contributed by atoms with Crippen LogP contribution in [0.4, 0.5) is 0 Å². The monoisotopic (exact) mass is 161 g/mol. The molecule has 0 amide bonds. The topological polar surface area (TPSA) is 23.8 Å². The molecule has 0 aromatic rings. The summed E-state index contributed by atoms with van der Waals surface area (Å²) in [6.07, 6.45) is 7.01. The second-order valence-electron chi connectivity index (χ2n) is 5.09. The van der Waals surface area contributed by atoms with Crippen LogP contribution in [0, 0.1) is 40.9 Å². The van der Waals surface area contributed by atoms with Crippen molar-refractivity contribution in [3.05, 3.63) is 0 Å². The van der Waals surface area contributed by atoms with Gasteiger partial charge in [0.2, 0.25) is 0 Å². The molecule has 4 aliphatic rings. The Labute approximate surface area is 73.8 Å². The van der Waals surface area contributed by atoms with Crippen molar-refractivity contribution in [2.45, 2.75) is 32.1 Å². The quantitative estimate of drug-likeness (QED) is 0.535. The molecule has 0 aliphatic heterocycles. The van der Waals surface area contributed by atoms with Gasteiger partial charge >= 0.3 is 0 Å². The minimum atomic E-state index is 0.442. The zero-order chi connectivity index (χ0) is 8.13. The van der Waals surface area contributed by atoms with Gasteiger partial charge in [0.15, 0.2) is 0 Å². The highest BCUT2D eigenvalue weighted by Crippen LogP contribution is 2.56. The van der Waals surface area contributed by atoms with Gasteiger partial charge in [-0.05, 0) is 55.8 Å². The molecule has 0 aromatic heterocycles. The Bertz CT molecular complexity index is 210. The number of nitriles is 1. The van der Waals surface area contributed by atoms with Gasteiger partial charge in [-0.2, -0.15) is 5.26 Å². The van der Waals surface area contributed by atoms with Crippen LogP contribution < -0.4 is 0 Å². The van der Waals surface area contributed by atoms with Gasteiger partial charge in [0.05, 0.1) is 12.0 Å². The molecule has 4 rings (SSSR count). The summed E-state index contributed by atoms with van der Waals surface area (Å²) >= 11 is 0. The molecular formula is C11H15N. The van der Waals surface area contributed by atoms with E-state index in [-0.39, 0.29) is 0 Å². The molecule has 0 spiro atoms. The fourth-order valence-electron chi connectivity index (χ4n) is 4.14. The molecule has 1 nitrogen and oxygen atoms in total. The first-order valence-electron chi connectivity index (χ1n) is 5.26. The molecule has 0 saturated heterocycles. The molecule has 0 radical (unpaired) electrons. The maximum absolute atomic E-state index is 9.05. The van der Waals surface area contributed by atoms with Gasteiger partial charge < -0.3 is 0 Å². The summed E-state index contributed by atoms with van der Waals surface area (Å²) in [6.45, 7) is 0. The highest BCUT2D eigenvalue weighted by atomic mass is 14.5. The Kier molecular flexibility index (Phi) is 1.30. The van der Waals surface area contributed by atoms with Crippen LogP contribution in [0.15, 0.2) is 0 Å². The molecule has 1 heteroatoms. The molecule has 0 atom stereocenters. The van der Waals surface area contributed by atoms with Crippen LogP contribution in [0.3, 0.4) is 0 Å². The van der Waals surface area contributed by atoms with Gasteiger partial charge in [0.1, 0.15) is 0 Å². The summed E-state index contributed by atoms with van der Waals surface area (Å²) in [5.74, 6) is 4.06. The summed E-state index contributed by atoms with van der Waals surface area (Å²) in [6, 6.07) is 2.55. The molecule has 0 N–H and O–H groups in total. The third-order valence-corrected chi connectivity index (χ3v) is 4.38. The number of nitrogens with zero attached hydrogens (tertiary/aromatic N) is 1. The van der Waals surface area contributed by atoms with Crippen molar-refractivity contribution >= 4 is 0 Å². The first-order chi connectivity index (χ1) is 5.86. The van der Waals surface area contributed by atoms with Crippen molar-refractivity contribution < 1.29 is 0 Å². The fourth-order valence-corrected chi connectivity index (χ4v) is 4.14. The predicted octanol–water partition coefficient (Wildman–Crippen LogP) is 2.58. The van der Waals surface area contributed by atoms with Crippen molar-refractivity contribution in [3.63, 3.8) is 0 Å². The van der Waals surface area contributed by atoms with Gasteiger partial charge in [-0.1, -0.05) is 0 Å². The highest BCUT2D eigenvalue weighted by molar-refractivity contribution is 5.05. The molecule has 0 unspecified atom stereocenters. The van der Waals surface area contributed by atoms with Crippen LogP contribution in [0.25, 0.3) is 0 Å². The van der Waals surface area contributed by atoms with Crippen molar-refractivity contribution in [3.8, 4) is 6.07 Å². The van der Waals surface area contributed by atoms with Crippen molar-refractivity contribution in [1.29, 1.82) is 5.26 Å². The van der Waals surface area contributed by atoms with Crippen LogP contribution in [-0.4, -0.2) is 0 Å². The minimum Gasteiger partial charge on any atom is -0.198 e. The Morgan fingerprint density at radius 1 is 0.833 bits per heavy atom. The van der Waals surface area contributed by atoms with Gasteiger partial charge in [0.25, 0.3) is 0 Å². The Morgan fingerprint density at radius 3 is 1.75 bits per heavy atom. The second-order valence-corrected chi connectivity index (χ2v) is 5.09. The van der Waals surface area contributed by atoms with Crippen LogP contribution in [0.5, 0.6) is 0 Å². The summed E-state index contributed by atoms with van der Waals surface area (Å²) in [4.78, 5) is 0. The fraction of sp³-hybridized carbons (Fsp3) is 0.909. The van der Waals surface area contributed by atoms with Crippen molar-refractivity contribution in [2.24, 2.45) is 29.6 Å². The summed E-state index contributed by atoms with van der Waals surface area (Å²) in [7, 11) is 0. The lowest BCUT2D eigenvalue weighted by Crippen LogP contribution is -2.44. The lowest BCUT2D eigenvalue weighted by Gasteiger charge is -2.52. The van der Waals surface area contributed by atoms with E-state index in [4.69, 9.17) is 5.26 Å². The highest BCUT2D eigenvalue weighted by Gasteiger charge is 2.48. The molecule has 0 aromatic carbocycles. The minimum absolute atomic E-state index is 0.442. The van der Waals surface area contributed by atoms with E-state index in [9.17, 15) is 0 Å². The molecule has 4 aliphatic carbocycles. The molecular weight excluding hydrogens is 146 g/mol. The molecule has 64 valence electrons. The molecule has 0 heterocycles. The van der Waals surface area contributed by atoms with E-state index in [1.807, 2.05) is 0 Å². The maximum atomic E-state index is 9.05. The first-order valence-corrected chi connectivity index (χ1v) is 5.26. The Balaban J connectivity index is 1.91. The standard InChI is InChI=1S/C11H15N/c12-6-11-9-2-7-1-8(4-9)5-10(11)3-7/h7-11H,1-5H2/t7?,8?,9-,10+,11-. The largest absolute Gasteiger partial charge is 0.198 e. The predicted molar refractivity (Wildman–Crippen MR) is 46.1 cm³/mol. The Morgan fingerprint density at radius 2 is 1.33 bits per heavy atom. The number of hydrogen-bond acceptors (Lipinski definition) is 1. The summed E-state index contributed by atoms with van der Waals surface area (Å²) in [5, 5.41) is 9.05. The van der Waals surface area contributed by atoms with Gasteiger partial charge in [-0.15, -0.1) is 0 Å². The molecule has 4 saturated carbocycles. The van der Waals surface area contributed by atoms with E-state index in [0.717, 1.165) is 23.7 Å². The first kappa shape index (κ1) is 6.95. The smallest absolute Gasteiger partial charge is 0.0661 e. The maximum Gasteiger partial charge on any atom is 0.0661 e. The van der Waals surface area contributed by atoms with Crippen molar-refractivity contribution in [2.75, 3.05) is 0 Å². The summed E-state index contributed by atoms with van der Waals surface area (Å²) in [5.41, 5.74) is 0. The second kappa shape index (κ2) is 2.25. The average Bonchev–Trinajstić information content (AvgIpc) is 2.02. The van der Waals surface area contributed by atoms with E-state index in [1.165, 1.54) is 32.1 Å². The molecule has 12 heavy (non-hydrogen) atoms. The molecule has 4 bridgehead atoms. The van der Waals surface area contributed by atoms with Crippen LogP contribution in [0.2, 0.25) is 0 Å². The van der Waals surface area contributed by atoms with Crippen LogP contribution in [0.1, 0.15) is 32.1 Å². The zero-order valence-corrected chi connectivity index (χ0v) is 7.37. The average molecular weight is 161 g/mol. The van der Waals surface area contributed by atoms with E-state index >= 15 is 0 Å². The number of hydrogen-bond donors (Lipinski definition) is 0. The van der Waals surface area contributed by atoms with Crippen LogP contribution >= 0.6 is 0 Å². The van der Waals surface area contributed by atoms with Gasteiger partial charge in [-0.3, -0.25) is 0 Å². The Hall–Kier alpha value is -0.510. The zero-order valence-electron chi connectivity index (χ0n) is 7.37. The number of rotatable bonds is 0. The third kappa shape index (κ3) is 0.787.